The van der Waals surface area contributed by atoms with Gasteiger partial charge in [-0.2, -0.15) is 0 Å². The van der Waals surface area contributed by atoms with Gasteiger partial charge in [0.1, 0.15) is 6.10 Å². The molecule has 5 heteroatoms. The Morgan fingerprint density at radius 3 is 2.50 bits per heavy atom. The Kier molecular flexibility index (Phi) is 4.16. The molecule has 2 aliphatic rings. The van der Waals surface area contributed by atoms with E-state index in [1.807, 2.05) is 25.2 Å². The number of hydrogen-bond donors (Lipinski definition) is 0. The first-order chi connectivity index (χ1) is 10.6. The molecule has 2 fully saturated rings. The highest BCUT2D eigenvalue weighted by atomic mass is 16.5. The lowest BCUT2D eigenvalue weighted by Crippen LogP contribution is -2.53. The summed E-state index contributed by atoms with van der Waals surface area (Å²) in [5.74, 6) is -0.756. The first kappa shape index (κ1) is 15.0. The molecule has 0 N–H and O–H groups in total. The third-order valence-corrected chi connectivity index (χ3v) is 4.96. The Balaban J connectivity index is 1.75. The molecule has 118 valence electrons. The molecule has 0 saturated carbocycles. The summed E-state index contributed by atoms with van der Waals surface area (Å²) >= 11 is 0. The Morgan fingerprint density at radius 1 is 1.14 bits per heavy atom. The van der Waals surface area contributed by atoms with E-state index in [4.69, 9.17) is 9.47 Å². The molecular weight excluding hydrogens is 282 g/mol. The minimum absolute atomic E-state index is 0.193. The second kappa shape index (κ2) is 6.08. The van der Waals surface area contributed by atoms with Crippen molar-refractivity contribution in [2.24, 2.45) is 5.92 Å². The summed E-state index contributed by atoms with van der Waals surface area (Å²) in [5.41, 5.74) is 0.542. The first-order valence-corrected chi connectivity index (χ1v) is 7.67. The molecule has 5 nitrogen and oxygen atoms in total. The van der Waals surface area contributed by atoms with Crippen molar-refractivity contribution in [1.29, 1.82) is 0 Å². The number of likely N-dealkylation sites (N-methyl/N-ethyl adjacent to an activating group) is 1. The van der Waals surface area contributed by atoms with Gasteiger partial charge in [-0.3, -0.25) is 9.69 Å². The van der Waals surface area contributed by atoms with Crippen LogP contribution >= 0.6 is 0 Å². The van der Waals surface area contributed by atoms with Crippen LogP contribution in [-0.2, 0) is 14.3 Å². The predicted molar refractivity (Wildman–Crippen MR) is 80.3 cm³/mol. The number of ether oxygens (including phenoxy) is 2. The minimum atomic E-state index is -0.326. The molecule has 2 bridgehead atoms. The molecule has 22 heavy (non-hydrogen) atoms. The van der Waals surface area contributed by atoms with Crippen LogP contribution in [0.3, 0.4) is 0 Å². The highest BCUT2D eigenvalue weighted by molar-refractivity contribution is 5.89. The molecule has 0 spiro atoms. The van der Waals surface area contributed by atoms with Crippen LogP contribution < -0.4 is 0 Å². The Labute approximate surface area is 130 Å². The van der Waals surface area contributed by atoms with Crippen molar-refractivity contribution in [3.8, 4) is 0 Å². The van der Waals surface area contributed by atoms with Gasteiger partial charge >= 0.3 is 11.9 Å². The fourth-order valence-corrected chi connectivity index (χ4v) is 3.80. The molecule has 1 aromatic carbocycles. The van der Waals surface area contributed by atoms with E-state index in [1.54, 1.807) is 12.1 Å². The summed E-state index contributed by atoms with van der Waals surface area (Å²) in [6.45, 7) is 0. The average molecular weight is 303 g/mol. The molecule has 3 rings (SSSR count). The number of esters is 2. The molecule has 0 aromatic heterocycles. The summed E-state index contributed by atoms with van der Waals surface area (Å²) in [5, 5.41) is 0. The van der Waals surface area contributed by atoms with Crippen molar-refractivity contribution < 1.29 is 19.1 Å². The van der Waals surface area contributed by atoms with Gasteiger partial charge in [-0.05, 0) is 32.0 Å². The molecule has 2 aliphatic heterocycles. The Hall–Kier alpha value is -1.88. The molecule has 4 atom stereocenters. The maximum absolute atomic E-state index is 12.3. The lowest BCUT2D eigenvalue weighted by Gasteiger charge is -2.40. The largest absolute Gasteiger partial charge is 0.469 e. The van der Waals surface area contributed by atoms with E-state index in [0.29, 0.717) is 12.0 Å². The molecule has 2 saturated heterocycles. The number of benzene rings is 1. The molecule has 0 amide bonds. The zero-order valence-corrected chi connectivity index (χ0v) is 12.9. The van der Waals surface area contributed by atoms with Crippen LogP contribution in [0, 0.1) is 5.92 Å². The number of fused-ring (bicyclic) bond motifs is 2. The summed E-state index contributed by atoms with van der Waals surface area (Å²) < 4.78 is 10.6. The summed E-state index contributed by atoms with van der Waals surface area (Å²) in [4.78, 5) is 26.5. The topological polar surface area (TPSA) is 55.8 Å². The van der Waals surface area contributed by atoms with E-state index >= 15 is 0 Å². The predicted octanol–water partition coefficient (Wildman–Crippen LogP) is 1.87. The normalized spacial score (nSPS) is 30.8. The van der Waals surface area contributed by atoms with Crippen molar-refractivity contribution in [3.05, 3.63) is 35.9 Å². The number of nitrogens with zero attached hydrogens (tertiary/aromatic N) is 1. The summed E-state index contributed by atoms with van der Waals surface area (Å²) in [6.07, 6.45) is 2.17. The zero-order valence-electron chi connectivity index (χ0n) is 12.9. The fourth-order valence-electron chi connectivity index (χ4n) is 3.80. The number of methoxy groups -OCH3 is 1. The van der Waals surface area contributed by atoms with Gasteiger partial charge < -0.3 is 9.47 Å². The van der Waals surface area contributed by atoms with E-state index in [0.717, 1.165) is 12.8 Å². The molecule has 0 aliphatic carbocycles. The third kappa shape index (κ3) is 2.61. The lowest BCUT2D eigenvalue weighted by molar-refractivity contribution is -0.152. The van der Waals surface area contributed by atoms with Gasteiger partial charge in [0.2, 0.25) is 0 Å². The van der Waals surface area contributed by atoms with Crippen molar-refractivity contribution >= 4 is 11.9 Å². The van der Waals surface area contributed by atoms with Crippen LogP contribution in [0.5, 0.6) is 0 Å². The van der Waals surface area contributed by atoms with Gasteiger partial charge in [0.25, 0.3) is 0 Å². The monoisotopic (exact) mass is 303 g/mol. The van der Waals surface area contributed by atoms with E-state index in [9.17, 15) is 9.59 Å². The lowest BCUT2D eigenvalue weighted by atomic mass is 9.89. The van der Waals surface area contributed by atoms with Crippen LogP contribution in [0.15, 0.2) is 30.3 Å². The molecule has 2 heterocycles. The number of piperidine rings is 1. The highest BCUT2D eigenvalue weighted by Gasteiger charge is 2.50. The molecule has 0 unspecified atom stereocenters. The summed E-state index contributed by atoms with van der Waals surface area (Å²) in [6, 6.07) is 9.36. The quantitative estimate of drug-likeness (QED) is 0.798. The smallest absolute Gasteiger partial charge is 0.338 e. The second-order valence-corrected chi connectivity index (χ2v) is 6.05. The maximum atomic E-state index is 12.3. The van der Waals surface area contributed by atoms with Crippen molar-refractivity contribution in [2.45, 2.75) is 37.5 Å². The Bertz CT molecular complexity index is 559. The van der Waals surface area contributed by atoms with Crippen LogP contribution in [0.4, 0.5) is 0 Å². The molecular formula is C17H21NO4. The highest BCUT2D eigenvalue weighted by Crippen LogP contribution is 2.40. The van der Waals surface area contributed by atoms with Gasteiger partial charge in [-0.1, -0.05) is 18.2 Å². The Morgan fingerprint density at radius 2 is 1.82 bits per heavy atom. The standard InChI is InChI=1S/C17H21NO4/c1-18-13-8-9-14(18)15(10-12(13)17(20)21-2)22-16(19)11-6-4-3-5-7-11/h3-7,12-15H,8-10H2,1-2H3/t12-,13-,14-,15-/m1/s1. The van der Waals surface area contributed by atoms with E-state index < -0.39 is 0 Å². The summed E-state index contributed by atoms with van der Waals surface area (Å²) in [7, 11) is 3.41. The van der Waals surface area contributed by atoms with Gasteiger partial charge in [-0.15, -0.1) is 0 Å². The number of carbonyl (C=O) groups excluding carboxylic acids is 2. The fraction of sp³-hybridized carbons (Fsp3) is 0.529. The maximum Gasteiger partial charge on any atom is 0.338 e. The van der Waals surface area contributed by atoms with Gasteiger partial charge in [0.05, 0.1) is 18.6 Å². The molecule has 0 radical (unpaired) electrons. The van der Waals surface area contributed by atoms with Crippen LogP contribution in [0.1, 0.15) is 29.6 Å². The minimum Gasteiger partial charge on any atom is -0.469 e. The van der Waals surface area contributed by atoms with Crippen molar-refractivity contribution in [3.63, 3.8) is 0 Å². The molecule has 1 aromatic rings. The second-order valence-electron chi connectivity index (χ2n) is 6.05. The van der Waals surface area contributed by atoms with E-state index in [1.165, 1.54) is 7.11 Å². The van der Waals surface area contributed by atoms with Crippen LogP contribution in [-0.4, -0.2) is 49.2 Å². The van der Waals surface area contributed by atoms with Crippen molar-refractivity contribution in [2.75, 3.05) is 14.2 Å². The van der Waals surface area contributed by atoms with Gasteiger partial charge in [0.15, 0.2) is 0 Å². The van der Waals surface area contributed by atoms with Crippen LogP contribution in [0.2, 0.25) is 0 Å². The van der Waals surface area contributed by atoms with E-state index in [-0.39, 0.29) is 36.0 Å². The number of rotatable bonds is 3. The van der Waals surface area contributed by atoms with Gasteiger partial charge in [-0.25, -0.2) is 4.79 Å². The third-order valence-electron chi connectivity index (χ3n) is 4.96. The van der Waals surface area contributed by atoms with Gasteiger partial charge in [0, 0.05) is 18.5 Å². The SMILES string of the molecule is COC(=O)[C@@H]1C[C@@H](OC(=O)c2ccccc2)[C@H]2CC[C@H]1N2C. The van der Waals surface area contributed by atoms with E-state index in [2.05, 4.69) is 4.90 Å². The van der Waals surface area contributed by atoms with Crippen molar-refractivity contribution in [1.82, 2.24) is 4.90 Å². The zero-order chi connectivity index (χ0) is 15.7. The van der Waals surface area contributed by atoms with Crippen LogP contribution in [0.25, 0.3) is 0 Å². The number of carbonyl (C=O) groups is 2. The first-order valence-electron chi connectivity index (χ1n) is 7.67. The number of hydrogen-bond acceptors (Lipinski definition) is 5. The average Bonchev–Trinajstić information content (AvgIpc) is 2.81.